The van der Waals surface area contributed by atoms with Crippen LogP contribution in [0, 0.1) is 6.92 Å². The van der Waals surface area contributed by atoms with Crippen LogP contribution in [0.5, 0.6) is 0 Å². The summed E-state index contributed by atoms with van der Waals surface area (Å²) in [6.45, 7) is 6.20. The Morgan fingerprint density at radius 1 is 1.27 bits per heavy atom. The lowest BCUT2D eigenvalue weighted by atomic mass is 10.2. The van der Waals surface area contributed by atoms with Gasteiger partial charge in [0.25, 0.3) is 0 Å². The van der Waals surface area contributed by atoms with Gasteiger partial charge in [-0.25, -0.2) is 0 Å². The average Bonchev–Trinajstić information content (AvgIpc) is 2.20. The number of rotatable bonds is 3. The molecule has 15 heavy (non-hydrogen) atoms. The van der Waals surface area contributed by atoms with E-state index in [1.807, 2.05) is 6.92 Å². The second-order valence-corrected chi connectivity index (χ2v) is 5.62. The van der Waals surface area contributed by atoms with Gasteiger partial charge in [-0.15, -0.1) is 0 Å². The van der Waals surface area contributed by atoms with Crippen molar-refractivity contribution in [3.05, 3.63) is 51.4 Å². The fourth-order valence-corrected chi connectivity index (χ4v) is 2.35. The third kappa shape index (κ3) is 4.27. The molecule has 0 spiro atoms. The largest absolute Gasteiger partial charge is 0.0893 e. The summed E-state index contributed by atoms with van der Waals surface area (Å²) in [5.74, 6) is 0. The fourth-order valence-electron chi connectivity index (χ4n) is 1.10. The van der Waals surface area contributed by atoms with Crippen LogP contribution in [-0.2, 0) is 0 Å². The molecule has 0 amide bonds. The molecular formula is C13H15BrS. The lowest BCUT2D eigenvalue weighted by molar-refractivity contribution is 1.38. The molecule has 2 heteroatoms. The van der Waals surface area contributed by atoms with Crippen LogP contribution in [0.4, 0.5) is 0 Å². The van der Waals surface area contributed by atoms with Crippen LogP contribution in [-0.4, -0.2) is 0 Å². The van der Waals surface area contributed by atoms with E-state index in [1.54, 1.807) is 11.8 Å². The van der Waals surface area contributed by atoms with Gasteiger partial charge >= 0.3 is 0 Å². The standard InChI is InChI=1S/C13H15BrS/c1-4-5-13(11(3)14)15-12-8-6-10(2)7-9-12/h4-9H,1-3H3/b5-4-,13-11-. The highest BCUT2D eigenvalue weighted by atomic mass is 79.9. The van der Waals surface area contributed by atoms with Crippen LogP contribution >= 0.6 is 27.7 Å². The molecule has 0 heterocycles. The lowest BCUT2D eigenvalue weighted by Crippen LogP contribution is -1.77. The molecule has 0 radical (unpaired) electrons. The quantitative estimate of drug-likeness (QED) is 0.536. The van der Waals surface area contributed by atoms with Gasteiger partial charge in [-0.2, -0.15) is 0 Å². The SMILES string of the molecule is C/C=C\C(Sc1ccc(C)cc1)=C(/C)Br. The third-order valence-electron chi connectivity index (χ3n) is 1.91. The number of halogens is 1. The molecule has 1 aromatic carbocycles. The summed E-state index contributed by atoms with van der Waals surface area (Å²) < 4.78 is 1.17. The normalized spacial score (nSPS) is 13.1. The van der Waals surface area contributed by atoms with Crippen LogP contribution in [0.25, 0.3) is 0 Å². The molecular weight excluding hydrogens is 268 g/mol. The van der Waals surface area contributed by atoms with Gasteiger partial charge in [0, 0.05) is 14.3 Å². The van der Waals surface area contributed by atoms with Gasteiger partial charge in [0.05, 0.1) is 0 Å². The summed E-state index contributed by atoms with van der Waals surface area (Å²) in [7, 11) is 0. The number of allylic oxidation sites excluding steroid dienone is 3. The maximum absolute atomic E-state index is 3.52. The van der Waals surface area contributed by atoms with Gasteiger partial charge < -0.3 is 0 Å². The van der Waals surface area contributed by atoms with E-state index in [9.17, 15) is 0 Å². The molecule has 0 saturated heterocycles. The zero-order valence-electron chi connectivity index (χ0n) is 9.25. The number of thioether (sulfide) groups is 1. The summed E-state index contributed by atoms with van der Waals surface area (Å²) in [6, 6.07) is 8.58. The fraction of sp³-hybridized carbons (Fsp3) is 0.231. The van der Waals surface area contributed by atoms with Crippen molar-refractivity contribution < 1.29 is 0 Å². The number of hydrogen-bond donors (Lipinski definition) is 0. The minimum Gasteiger partial charge on any atom is -0.0893 e. The molecule has 0 aliphatic heterocycles. The predicted octanol–water partition coefficient (Wildman–Crippen LogP) is 5.29. The molecule has 0 atom stereocenters. The van der Waals surface area contributed by atoms with E-state index in [-0.39, 0.29) is 0 Å². The number of hydrogen-bond acceptors (Lipinski definition) is 1. The summed E-state index contributed by atoms with van der Waals surface area (Å²) >= 11 is 5.30. The van der Waals surface area contributed by atoms with Gasteiger partial charge in [-0.1, -0.05) is 57.5 Å². The van der Waals surface area contributed by atoms with Crippen molar-refractivity contribution in [3.63, 3.8) is 0 Å². The molecule has 1 rings (SSSR count). The maximum atomic E-state index is 3.52. The molecule has 0 fully saturated rings. The van der Waals surface area contributed by atoms with Gasteiger partial charge in [-0.05, 0) is 32.9 Å². The Labute approximate surface area is 105 Å². The zero-order chi connectivity index (χ0) is 11.3. The monoisotopic (exact) mass is 282 g/mol. The predicted molar refractivity (Wildman–Crippen MR) is 73.5 cm³/mol. The smallest absolute Gasteiger partial charge is 0.0217 e. The van der Waals surface area contributed by atoms with Crippen LogP contribution < -0.4 is 0 Å². The van der Waals surface area contributed by atoms with E-state index in [4.69, 9.17) is 0 Å². The summed E-state index contributed by atoms with van der Waals surface area (Å²) in [5.41, 5.74) is 1.30. The average molecular weight is 283 g/mol. The first-order chi connectivity index (χ1) is 7.13. The van der Waals surface area contributed by atoms with Crippen LogP contribution in [0.15, 0.2) is 50.7 Å². The van der Waals surface area contributed by atoms with Crippen molar-refractivity contribution in [2.24, 2.45) is 0 Å². The zero-order valence-corrected chi connectivity index (χ0v) is 11.7. The van der Waals surface area contributed by atoms with E-state index < -0.39 is 0 Å². The molecule has 0 N–H and O–H groups in total. The van der Waals surface area contributed by atoms with Crippen molar-refractivity contribution in [3.8, 4) is 0 Å². The van der Waals surface area contributed by atoms with Gasteiger partial charge in [-0.3, -0.25) is 0 Å². The van der Waals surface area contributed by atoms with Crippen LogP contribution in [0.3, 0.4) is 0 Å². The van der Waals surface area contributed by atoms with E-state index in [2.05, 4.69) is 66.2 Å². The van der Waals surface area contributed by atoms with E-state index in [1.165, 1.54) is 19.8 Å². The molecule has 0 nitrogen and oxygen atoms in total. The summed E-state index contributed by atoms with van der Waals surface area (Å²) in [4.78, 5) is 2.52. The van der Waals surface area contributed by atoms with Crippen LogP contribution in [0.2, 0.25) is 0 Å². The highest BCUT2D eigenvalue weighted by Crippen LogP contribution is 2.31. The van der Waals surface area contributed by atoms with Gasteiger partial charge in [0.2, 0.25) is 0 Å². The van der Waals surface area contributed by atoms with Gasteiger partial charge in [0.15, 0.2) is 0 Å². The molecule has 0 aliphatic rings. The Balaban J connectivity index is 2.84. The molecule has 0 unspecified atom stereocenters. The van der Waals surface area contributed by atoms with Crippen molar-refractivity contribution >= 4 is 27.7 Å². The Bertz CT molecular complexity index is 370. The molecule has 0 bridgehead atoms. The Hall–Kier alpha value is -0.470. The summed E-state index contributed by atoms with van der Waals surface area (Å²) in [5, 5.41) is 0. The second kappa shape index (κ2) is 6.19. The summed E-state index contributed by atoms with van der Waals surface area (Å²) in [6.07, 6.45) is 4.18. The molecule has 1 aromatic rings. The molecule has 0 saturated carbocycles. The van der Waals surface area contributed by atoms with Crippen molar-refractivity contribution in [1.29, 1.82) is 0 Å². The topological polar surface area (TPSA) is 0 Å². The maximum Gasteiger partial charge on any atom is 0.0217 e. The van der Waals surface area contributed by atoms with Crippen molar-refractivity contribution in [2.75, 3.05) is 0 Å². The number of benzene rings is 1. The lowest BCUT2D eigenvalue weighted by Gasteiger charge is -2.04. The Morgan fingerprint density at radius 3 is 2.33 bits per heavy atom. The van der Waals surface area contributed by atoms with Crippen LogP contribution in [0.1, 0.15) is 19.4 Å². The molecule has 0 aliphatic carbocycles. The highest BCUT2D eigenvalue weighted by Gasteiger charge is 1.99. The van der Waals surface area contributed by atoms with E-state index in [0.29, 0.717) is 0 Å². The van der Waals surface area contributed by atoms with Gasteiger partial charge in [0.1, 0.15) is 0 Å². The third-order valence-corrected chi connectivity index (χ3v) is 3.77. The first-order valence-electron chi connectivity index (χ1n) is 4.87. The Kier molecular flexibility index (Phi) is 5.20. The molecule has 80 valence electrons. The first kappa shape index (κ1) is 12.6. The Morgan fingerprint density at radius 2 is 1.87 bits per heavy atom. The first-order valence-corrected chi connectivity index (χ1v) is 6.48. The van der Waals surface area contributed by atoms with E-state index in [0.717, 1.165) is 0 Å². The van der Waals surface area contributed by atoms with E-state index >= 15 is 0 Å². The van der Waals surface area contributed by atoms with Crippen molar-refractivity contribution in [2.45, 2.75) is 25.7 Å². The minimum absolute atomic E-state index is 1.17. The minimum atomic E-state index is 1.17. The molecule has 0 aromatic heterocycles. The number of aryl methyl sites for hydroxylation is 1. The second-order valence-electron chi connectivity index (χ2n) is 3.31. The van der Waals surface area contributed by atoms with Crippen molar-refractivity contribution in [1.82, 2.24) is 0 Å². The highest BCUT2D eigenvalue weighted by molar-refractivity contribution is 9.11.